The minimum absolute atomic E-state index is 0.158. The zero-order valence-electron chi connectivity index (χ0n) is 12.2. The van der Waals surface area contributed by atoms with Crippen LogP contribution >= 0.6 is 0 Å². The van der Waals surface area contributed by atoms with Gasteiger partial charge in [-0.2, -0.15) is 0 Å². The maximum absolute atomic E-state index is 12.8. The Kier molecular flexibility index (Phi) is 4.57. The summed E-state index contributed by atoms with van der Waals surface area (Å²) in [6.07, 6.45) is 0. The Bertz CT molecular complexity index is 603. The van der Waals surface area contributed by atoms with Crippen LogP contribution in [0.5, 0.6) is 5.75 Å². The first-order valence-electron chi connectivity index (χ1n) is 6.55. The lowest BCUT2D eigenvalue weighted by Gasteiger charge is -2.17. The van der Waals surface area contributed by atoms with E-state index in [1.54, 1.807) is 33.0 Å². The lowest BCUT2D eigenvalue weighted by molar-refractivity contribution is 0.0771. The van der Waals surface area contributed by atoms with Crippen molar-refractivity contribution in [2.24, 2.45) is 0 Å². The molecule has 112 valence electrons. The first-order chi connectivity index (χ1) is 9.99. The van der Waals surface area contributed by atoms with E-state index in [2.05, 4.69) is 5.16 Å². The first kappa shape index (κ1) is 15.0. The molecule has 0 aliphatic carbocycles. The minimum atomic E-state index is -0.312. The summed E-state index contributed by atoms with van der Waals surface area (Å²) in [5.41, 5.74) is 1.06. The van der Waals surface area contributed by atoms with Crippen LogP contribution in [0.3, 0.4) is 0 Å². The second-order valence-electron chi connectivity index (χ2n) is 4.73. The van der Waals surface area contributed by atoms with Crippen molar-refractivity contribution in [2.45, 2.75) is 13.8 Å². The second kappa shape index (κ2) is 6.39. The molecule has 6 heteroatoms. The smallest absolute Gasteiger partial charge is 0.259 e. The van der Waals surface area contributed by atoms with Gasteiger partial charge in [0.25, 0.3) is 5.91 Å². The van der Waals surface area contributed by atoms with Gasteiger partial charge in [-0.3, -0.25) is 4.79 Å². The average Bonchev–Trinajstić information content (AvgIpc) is 2.79. The van der Waals surface area contributed by atoms with Crippen LogP contribution in [0.4, 0.5) is 4.39 Å². The number of ether oxygens (including phenoxy) is 1. The van der Waals surface area contributed by atoms with E-state index in [-0.39, 0.29) is 11.7 Å². The topological polar surface area (TPSA) is 55.6 Å². The van der Waals surface area contributed by atoms with Crippen LogP contribution < -0.4 is 4.74 Å². The van der Waals surface area contributed by atoms with E-state index in [0.717, 1.165) is 0 Å². The quantitative estimate of drug-likeness (QED) is 0.850. The standard InChI is InChI=1S/C15H17FN2O3/c1-10-14(11(2)21-17-10)15(19)18(3)8-9-20-13-6-4-12(16)5-7-13/h4-7H,8-9H2,1-3H3. The summed E-state index contributed by atoms with van der Waals surface area (Å²) < 4.78 is 23.2. The van der Waals surface area contributed by atoms with E-state index in [9.17, 15) is 9.18 Å². The largest absolute Gasteiger partial charge is 0.492 e. The number of halogens is 1. The fourth-order valence-corrected chi connectivity index (χ4v) is 1.91. The van der Waals surface area contributed by atoms with E-state index in [1.165, 1.54) is 17.0 Å². The van der Waals surface area contributed by atoms with Crippen molar-refractivity contribution >= 4 is 5.91 Å². The van der Waals surface area contributed by atoms with Crippen LogP contribution in [0.15, 0.2) is 28.8 Å². The molecule has 1 heterocycles. The number of likely N-dealkylation sites (N-methyl/N-ethyl adjacent to an activating group) is 1. The van der Waals surface area contributed by atoms with E-state index in [4.69, 9.17) is 9.26 Å². The Morgan fingerprint density at radius 2 is 2.00 bits per heavy atom. The number of carbonyl (C=O) groups is 1. The van der Waals surface area contributed by atoms with Crippen molar-refractivity contribution in [1.29, 1.82) is 0 Å². The number of rotatable bonds is 5. The minimum Gasteiger partial charge on any atom is -0.492 e. The molecule has 21 heavy (non-hydrogen) atoms. The van der Waals surface area contributed by atoms with Crippen LogP contribution in [-0.2, 0) is 0 Å². The summed E-state index contributed by atoms with van der Waals surface area (Å²) in [5.74, 6) is 0.598. The fraction of sp³-hybridized carbons (Fsp3) is 0.333. The molecule has 0 saturated carbocycles. The highest BCUT2D eigenvalue weighted by atomic mass is 19.1. The molecule has 1 aromatic heterocycles. The maximum atomic E-state index is 12.8. The molecule has 0 bridgehead atoms. The first-order valence-corrected chi connectivity index (χ1v) is 6.55. The number of nitrogens with zero attached hydrogens (tertiary/aromatic N) is 2. The number of aryl methyl sites for hydroxylation is 2. The Morgan fingerprint density at radius 3 is 2.57 bits per heavy atom. The number of amides is 1. The SMILES string of the molecule is Cc1noc(C)c1C(=O)N(C)CCOc1ccc(F)cc1. The van der Waals surface area contributed by atoms with Gasteiger partial charge in [-0.25, -0.2) is 4.39 Å². The number of hydrogen-bond donors (Lipinski definition) is 0. The van der Waals surface area contributed by atoms with Crippen LogP contribution in [0, 0.1) is 19.7 Å². The molecule has 0 aliphatic heterocycles. The molecule has 2 aromatic rings. The molecular formula is C15H17FN2O3. The highest BCUT2D eigenvalue weighted by molar-refractivity contribution is 5.95. The summed E-state index contributed by atoms with van der Waals surface area (Å²) in [6.45, 7) is 4.15. The van der Waals surface area contributed by atoms with E-state index >= 15 is 0 Å². The van der Waals surface area contributed by atoms with E-state index in [0.29, 0.717) is 35.9 Å². The van der Waals surface area contributed by atoms with Crippen molar-refractivity contribution in [2.75, 3.05) is 20.2 Å². The van der Waals surface area contributed by atoms with Gasteiger partial charge in [0.15, 0.2) is 0 Å². The molecule has 0 aliphatic rings. The molecule has 0 unspecified atom stereocenters. The molecule has 1 aromatic carbocycles. The van der Waals surface area contributed by atoms with Crippen LogP contribution in [0.2, 0.25) is 0 Å². The van der Waals surface area contributed by atoms with E-state index < -0.39 is 0 Å². The van der Waals surface area contributed by atoms with Gasteiger partial charge >= 0.3 is 0 Å². The van der Waals surface area contributed by atoms with Gasteiger partial charge in [0.1, 0.15) is 29.5 Å². The average molecular weight is 292 g/mol. The normalized spacial score (nSPS) is 10.5. The predicted octanol–water partition coefficient (Wildman–Crippen LogP) is 2.58. The molecule has 0 spiro atoms. The number of hydrogen-bond acceptors (Lipinski definition) is 4. The lowest BCUT2D eigenvalue weighted by Crippen LogP contribution is -2.31. The Hall–Kier alpha value is -2.37. The molecular weight excluding hydrogens is 275 g/mol. The van der Waals surface area contributed by atoms with Gasteiger partial charge in [-0.05, 0) is 38.1 Å². The summed E-state index contributed by atoms with van der Waals surface area (Å²) >= 11 is 0. The van der Waals surface area contributed by atoms with Gasteiger partial charge in [0.05, 0.1) is 12.2 Å². The zero-order valence-corrected chi connectivity index (χ0v) is 12.2. The third-order valence-corrected chi connectivity index (χ3v) is 3.10. The summed E-state index contributed by atoms with van der Waals surface area (Å²) in [7, 11) is 1.68. The van der Waals surface area contributed by atoms with Crippen molar-refractivity contribution in [3.8, 4) is 5.75 Å². The van der Waals surface area contributed by atoms with Crippen molar-refractivity contribution in [1.82, 2.24) is 10.1 Å². The Labute approximate surface area is 122 Å². The lowest BCUT2D eigenvalue weighted by atomic mass is 10.2. The highest BCUT2D eigenvalue weighted by Gasteiger charge is 2.20. The fourth-order valence-electron chi connectivity index (χ4n) is 1.91. The molecule has 0 N–H and O–H groups in total. The van der Waals surface area contributed by atoms with Crippen molar-refractivity contribution in [3.05, 3.63) is 47.1 Å². The third-order valence-electron chi connectivity index (χ3n) is 3.10. The third kappa shape index (κ3) is 3.59. The number of aromatic nitrogens is 1. The van der Waals surface area contributed by atoms with Crippen molar-refractivity contribution < 1.29 is 18.4 Å². The summed E-state index contributed by atoms with van der Waals surface area (Å²) in [4.78, 5) is 13.8. The zero-order chi connectivity index (χ0) is 15.4. The monoisotopic (exact) mass is 292 g/mol. The van der Waals surface area contributed by atoms with Crippen LogP contribution in [-0.4, -0.2) is 36.2 Å². The molecule has 0 saturated heterocycles. The molecule has 5 nitrogen and oxygen atoms in total. The molecule has 0 radical (unpaired) electrons. The van der Waals surface area contributed by atoms with E-state index in [1.807, 2.05) is 0 Å². The maximum Gasteiger partial charge on any atom is 0.259 e. The van der Waals surface area contributed by atoms with Gasteiger partial charge in [0.2, 0.25) is 0 Å². The predicted molar refractivity (Wildman–Crippen MR) is 74.8 cm³/mol. The molecule has 0 atom stereocenters. The van der Waals surface area contributed by atoms with Gasteiger partial charge in [-0.15, -0.1) is 0 Å². The summed E-state index contributed by atoms with van der Waals surface area (Å²) in [5, 5.41) is 3.77. The molecule has 2 rings (SSSR count). The van der Waals surface area contributed by atoms with Crippen molar-refractivity contribution in [3.63, 3.8) is 0 Å². The van der Waals surface area contributed by atoms with Crippen LogP contribution in [0.1, 0.15) is 21.8 Å². The molecule has 1 amide bonds. The number of benzene rings is 1. The second-order valence-corrected chi connectivity index (χ2v) is 4.73. The van der Waals surface area contributed by atoms with Gasteiger partial charge in [-0.1, -0.05) is 5.16 Å². The Balaban J connectivity index is 1.88. The van der Waals surface area contributed by atoms with Gasteiger partial charge in [0, 0.05) is 7.05 Å². The highest BCUT2D eigenvalue weighted by Crippen LogP contribution is 2.15. The van der Waals surface area contributed by atoms with Crippen LogP contribution in [0.25, 0.3) is 0 Å². The van der Waals surface area contributed by atoms with Gasteiger partial charge < -0.3 is 14.2 Å². The number of carbonyl (C=O) groups excluding carboxylic acids is 1. The Morgan fingerprint density at radius 1 is 1.33 bits per heavy atom. The molecule has 0 fully saturated rings. The summed E-state index contributed by atoms with van der Waals surface area (Å²) in [6, 6.07) is 5.75.